The van der Waals surface area contributed by atoms with E-state index in [1.54, 1.807) is 0 Å². The van der Waals surface area contributed by atoms with E-state index in [1.807, 2.05) is 11.8 Å². The minimum absolute atomic E-state index is 0.119. The molecule has 3 heteroatoms. The molecule has 1 fully saturated rings. The van der Waals surface area contributed by atoms with Crippen LogP contribution in [-0.4, -0.2) is 29.2 Å². The average molecular weight is 212 g/mol. The van der Waals surface area contributed by atoms with E-state index in [9.17, 15) is 0 Å². The number of aliphatic hydroxyl groups excluding tert-OH is 2. The van der Waals surface area contributed by atoms with Crippen molar-refractivity contribution in [1.29, 1.82) is 0 Å². The monoisotopic (exact) mass is 212 g/mol. The van der Waals surface area contributed by atoms with Crippen LogP contribution in [0.25, 0.3) is 0 Å². The zero-order chi connectivity index (χ0) is 10.0. The van der Waals surface area contributed by atoms with Gasteiger partial charge in [0, 0.05) is 11.2 Å². The zero-order valence-electron chi connectivity index (χ0n) is 8.15. The van der Waals surface area contributed by atoms with Gasteiger partial charge in [0.1, 0.15) is 0 Å². The second kappa shape index (κ2) is 4.09. The third-order valence-corrected chi connectivity index (χ3v) is 4.34. The highest BCUT2D eigenvalue weighted by molar-refractivity contribution is 8.03. The van der Waals surface area contributed by atoms with Crippen LogP contribution in [0.3, 0.4) is 0 Å². The summed E-state index contributed by atoms with van der Waals surface area (Å²) in [5.74, 6) is 1.64. The predicted molar refractivity (Wildman–Crippen MR) is 59.0 cm³/mol. The Morgan fingerprint density at radius 2 is 2.07 bits per heavy atom. The molecular weight excluding hydrogens is 196 g/mol. The molecule has 2 rings (SSSR count). The van der Waals surface area contributed by atoms with Crippen LogP contribution in [0.4, 0.5) is 0 Å². The summed E-state index contributed by atoms with van der Waals surface area (Å²) in [5, 5.41) is 18.3. The van der Waals surface area contributed by atoms with E-state index in [2.05, 4.69) is 18.2 Å². The molecule has 0 unspecified atom stereocenters. The second-order valence-corrected chi connectivity index (χ2v) is 5.32. The fraction of sp³-hybridized carbons (Fsp3) is 0.636. The maximum atomic E-state index is 9.15. The van der Waals surface area contributed by atoms with Crippen molar-refractivity contribution in [2.45, 2.75) is 12.8 Å². The Bertz CT molecular complexity index is 258. The Morgan fingerprint density at radius 1 is 1.36 bits per heavy atom. The third kappa shape index (κ3) is 1.76. The second-order valence-electron chi connectivity index (χ2n) is 4.23. The van der Waals surface area contributed by atoms with E-state index in [4.69, 9.17) is 10.2 Å². The smallest absolute Gasteiger partial charge is 0.0509 e. The number of thioether (sulfide) groups is 1. The van der Waals surface area contributed by atoms with E-state index < -0.39 is 0 Å². The highest BCUT2D eigenvalue weighted by atomic mass is 32.2. The molecule has 0 bridgehead atoms. The first-order chi connectivity index (χ1) is 6.79. The van der Waals surface area contributed by atoms with Crippen LogP contribution in [0.15, 0.2) is 23.1 Å². The lowest BCUT2D eigenvalue weighted by Gasteiger charge is -2.46. The molecule has 0 amide bonds. The van der Waals surface area contributed by atoms with Gasteiger partial charge in [-0.1, -0.05) is 18.2 Å². The summed E-state index contributed by atoms with van der Waals surface area (Å²) < 4.78 is 0. The van der Waals surface area contributed by atoms with Crippen LogP contribution in [-0.2, 0) is 0 Å². The molecule has 14 heavy (non-hydrogen) atoms. The summed E-state index contributed by atoms with van der Waals surface area (Å²) in [5.41, 5.74) is -0.187. The largest absolute Gasteiger partial charge is 0.396 e. The van der Waals surface area contributed by atoms with Crippen molar-refractivity contribution in [3.05, 3.63) is 23.1 Å². The topological polar surface area (TPSA) is 40.5 Å². The van der Waals surface area contributed by atoms with Gasteiger partial charge < -0.3 is 10.2 Å². The highest BCUT2D eigenvalue weighted by Gasteiger charge is 2.44. The number of allylic oxidation sites excluding steroid dienone is 3. The number of aliphatic hydroxyl groups is 2. The lowest BCUT2D eigenvalue weighted by molar-refractivity contribution is -0.0349. The average Bonchev–Trinajstić information content (AvgIpc) is 2.19. The van der Waals surface area contributed by atoms with E-state index in [-0.39, 0.29) is 18.6 Å². The Kier molecular flexibility index (Phi) is 3.00. The first kappa shape index (κ1) is 10.3. The number of rotatable bonds is 3. The van der Waals surface area contributed by atoms with Crippen molar-refractivity contribution in [1.82, 2.24) is 0 Å². The summed E-state index contributed by atoms with van der Waals surface area (Å²) in [6.07, 6.45) is 8.29. The minimum Gasteiger partial charge on any atom is -0.396 e. The minimum atomic E-state index is -0.187. The van der Waals surface area contributed by atoms with Gasteiger partial charge in [0.05, 0.1) is 13.2 Å². The molecule has 2 aliphatic rings. The summed E-state index contributed by atoms with van der Waals surface area (Å²) >= 11 is 1.88. The Morgan fingerprint density at radius 3 is 2.57 bits per heavy atom. The fourth-order valence-electron chi connectivity index (χ4n) is 2.16. The van der Waals surface area contributed by atoms with Crippen molar-refractivity contribution < 1.29 is 10.2 Å². The van der Waals surface area contributed by atoms with Gasteiger partial charge in [-0.2, -0.15) is 0 Å². The van der Waals surface area contributed by atoms with Crippen LogP contribution in [0.1, 0.15) is 12.8 Å². The molecule has 0 saturated heterocycles. The molecule has 1 aliphatic carbocycles. The Balaban J connectivity index is 1.93. The van der Waals surface area contributed by atoms with Crippen LogP contribution in [0.5, 0.6) is 0 Å². The van der Waals surface area contributed by atoms with E-state index in [0.717, 1.165) is 18.6 Å². The third-order valence-electron chi connectivity index (χ3n) is 3.17. The van der Waals surface area contributed by atoms with Gasteiger partial charge in [0.15, 0.2) is 0 Å². The van der Waals surface area contributed by atoms with Gasteiger partial charge in [-0.05, 0) is 23.7 Å². The summed E-state index contributed by atoms with van der Waals surface area (Å²) in [6, 6.07) is 0. The lowest BCUT2D eigenvalue weighted by atomic mass is 9.62. The van der Waals surface area contributed by atoms with Gasteiger partial charge in [0.2, 0.25) is 0 Å². The van der Waals surface area contributed by atoms with Gasteiger partial charge in [0.25, 0.3) is 0 Å². The van der Waals surface area contributed by atoms with Gasteiger partial charge in [-0.3, -0.25) is 0 Å². The highest BCUT2D eigenvalue weighted by Crippen LogP contribution is 2.51. The van der Waals surface area contributed by atoms with Gasteiger partial charge in [-0.15, -0.1) is 11.8 Å². The summed E-state index contributed by atoms with van der Waals surface area (Å²) in [6.45, 7) is 0.238. The molecule has 0 aromatic carbocycles. The van der Waals surface area contributed by atoms with Crippen LogP contribution < -0.4 is 0 Å². The molecule has 0 aromatic rings. The molecule has 1 aliphatic heterocycles. The van der Waals surface area contributed by atoms with Crippen molar-refractivity contribution >= 4 is 11.8 Å². The van der Waals surface area contributed by atoms with Gasteiger partial charge in [-0.25, -0.2) is 0 Å². The molecule has 0 spiro atoms. The summed E-state index contributed by atoms with van der Waals surface area (Å²) in [4.78, 5) is 1.42. The number of hydrogen-bond acceptors (Lipinski definition) is 3. The van der Waals surface area contributed by atoms with Crippen molar-refractivity contribution in [3.63, 3.8) is 0 Å². The fourth-order valence-corrected chi connectivity index (χ4v) is 3.14. The van der Waals surface area contributed by atoms with Crippen molar-refractivity contribution in [3.8, 4) is 0 Å². The van der Waals surface area contributed by atoms with Gasteiger partial charge >= 0.3 is 0 Å². The number of hydrogen-bond donors (Lipinski definition) is 2. The molecule has 78 valence electrons. The standard InChI is InChI=1S/C11H16O2S/c12-7-11(8-13)5-9(6-11)10-3-1-2-4-14-10/h1-3,9,12-13H,4-8H2. The quantitative estimate of drug-likeness (QED) is 0.746. The van der Waals surface area contributed by atoms with Crippen LogP contribution in [0, 0.1) is 11.3 Å². The zero-order valence-corrected chi connectivity index (χ0v) is 8.96. The first-order valence-corrected chi connectivity index (χ1v) is 5.99. The normalized spacial score (nSPS) is 25.7. The maximum Gasteiger partial charge on any atom is 0.0509 e. The predicted octanol–water partition coefficient (Wildman–Crippen LogP) is 1.55. The van der Waals surface area contributed by atoms with Crippen LogP contribution >= 0.6 is 11.8 Å². The van der Waals surface area contributed by atoms with Crippen molar-refractivity contribution in [2.24, 2.45) is 11.3 Å². The molecule has 2 nitrogen and oxygen atoms in total. The maximum absolute atomic E-state index is 9.15. The molecule has 1 saturated carbocycles. The summed E-state index contributed by atoms with van der Waals surface area (Å²) in [7, 11) is 0. The first-order valence-electron chi connectivity index (χ1n) is 5.01. The lowest BCUT2D eigenvalue weighted by Crippen LogP contribution is -2.43. The Labute approximate surface area is 88.7 Å². The molecular formula is C11H16O2S. The SMILES string of the molecule is OCC1(CO)CC(C2=CC=CCS2)C1. The molecule has 0 atom stereocenters. The molecule has 1 heterocycles. The molecule has 0 aromatic heterocycles. The van der Waals surface area contributed by atoms with E-state index >= 15 is 0 Å². The van der Waals surface area contributed by atoms with Crippen LogP contribution in [0.2, 0.25) is 0 Å². The van der Waals surface area contributed by atoms with E-state index in [0.29, 0.717) is 5.92 Å². The molecule has 2 N–H and O–H groups in total. The molecule has 0 radical (unpaired) electrons. The van der Waals surface area contributed by atoms with Crippen molar-refractivity contribution in [2.75, 3.05) is 19.0 Å². The Hall–Kier alpha value is -0.250. The van der Waals surface area contributed by atoms with E-state index in [1.165, 1.54) is 4.91 Å².